The largest absolute Gasteiger partial charge is 0.339 e. The summed E-state index contributed by atoms with van der Waals surface area (Å²) in [4.78, 5) is 15.6. The first-order valence-corrected chi connectivity index (χ1v) is 6.37. The SMILES string of the molecule is CCSCc1noc(CC(=O)C2CC2)n1. The fraction of sp³-hybridized carbons (Fsp3) is 0.700. The highest BCUT2D eigenvalue weighted by molar-refractivity contribution is 7.98. The predicted molar refractivity (Wildman–Crippen MR) is 57.6 cm³/mol. The molecular weight excluding hydrogens is 212 g/mol. The van der Waals surface area contributed by atoms with Gasteiger partial charge in [-0.2, -0.15) is 16.7 Å². The number of carbonyl (C=O) groups excluding carboxylic acids is 1. The van der Waals surface area contributed by atoms with Gasteiger partial charge in [0, 0.05) is 5.92 Å². The Morgan fingerprint density at radius 3 is 3.07 bits per heavy atom. The van der Waals surface area contributed by atoms with Crippen molar-refractivity contribution >= 4 is 17.5 Å². The van der Waals surface area contributed by atoms with Crippen LogP contribution in [0.15, 0.2) is 4.52 Å². The molecule has 0 spiro atoms. The van der Waals surface area contributed by atoms with Crippen molar-refractivity contribution in [3.63, 3.8) is 0 Å². The summed E-state index contributed by atoms with van der Waals surface area (Å²) in [7, 11) is 0. The molecule has 0 radical (unpaired) electrons. The molecular formula is C10H14N2O2S. The van der Waals surface area contributed by atoms with Crippen LogP contribution in [0.3, 0.4) is 0 Å². The molecule has 1 aliphatic rings. The molecule has 0 aromatic carbocycles. The van der Waals surface area contributed by atoms with Gasteiger partial charge >= 0.3 is 0 Å². The van der Waals surface area contributed by atoms with Gasteiger partial charge in [0.15, 0.2) is 5.82 Å². The summed E-state index contributed by atoms with van der Waals surface area (Å²) in [6.07, 6.45) is 2.38. The lowest BCUT2D eigenvalue weighted by atomic mass is 10.2. The average molecular weight is 226 g/mol. The van der Waals surface area contributed by atoms with E-state index in [1.807, 2.05) is 0 Å². The Bertz CT molecular complexity index is 347. The van der Waals surface area contributed by atoms with Crippen molar-refractivity contribution in [2.45, 2.75) is 31.9 Å². The number of hydrogen-bond donors (Lipinski definition) is 0. The first-order valence-electron chi connectivity index (χ1n) is 5.21. The number of thioether (sulfide) groups is 1. The number of carbonyl (C=O) groups is 1. The molecule has 0 atom stereocenters. The van der Waals surface area contributed by atoms with Gasteiger partial charge in [0.1, 0.15) is 5.78 Å². The topological polar surface area (TPSA) is 56.0 Å². The smallest absolute Gasteiger partial charge is 0.234 e. The van der Waals surface area contributed by atoms with Gasteiger partial charge in [0.05, 0.1) is 12.2 Å². The lowest BCUT2D eigenvalue weighted by molar-refractivity contribution is -0.119. The normalized spacial score (nSPS) is 15.5. The summed E-state index contributed by atoms with van der Waals surface area (Å²) in [6, 6.07) is 0. The number of hydrogen-bond acceptors (Lipinski definition) is 5. The Balaban J connectivity index is 1.85. The van der Waals surface area contributed by atoms with E-state index in [4.69, 9.17) is 4.52 Å². The molecule has 0 unspecified atom stereocenters. The lowest BCUT2D eigenvalue weighted by Gasteiger charge is -1.91. The van der Waals surface area contributed by atoms with E-state index in [0.29, 0.717) is 18.1 Å². The molecule has 0 bridgehead atoms. The van der Waals surface area contributed by atoms with Crippen molar-refractivity contribution in [3.05, 3.63) is 11.7 Å². The van der Waals surface area contributed by atoms with Crippen molar-refractivity contribution in [1.29, 1.82) is 0 Å². The maximum Gasteiger partial charge on any atom is 0.234 e. The molecule has 0 aliphatic heterocycles. The first kappa shape index (κ1) is 10.7. The first-order chi connectivity index (χ1) is 7.29. The second-order valence-electron chi connectivity index (χ2n) is 3.66. The Hall–Kier alpha value is -0.840. The molecule has 2 rings (SSSR count). The molecule has 5 heteroatoms. The Morgan fingerprint density at radius 2 is 2.40 bits per heavy atom. The fourth-order valence-electron chi connectivity index (χ4n) is 1.31. The highest BCUT2D eigenvalue weighted by Gasteiger charge is 2.30. The van der Waals surface area contributed by atoms with Gasteiger partial charge < -0.3 is 4.52 Å². The van der Waals surface area contributed by atoms with Crippen LogP contribution in [0.1, 0.15) is 31.5 Å². The third-order valence-electron chi connectivity index (χ3n) is 2.30. The summed E-state index contributed by atoms with van der Waals surface area (Å²) in [5.41, 5.74) is 0. The number of ketones is 1. The van der Waals surface area contributed by atoms with Crippen LogP contribution in [0.5, 0.6) is 0 Å². The third kappa shape index (κ3) is 3.06. The number of nitrogens with zero attached hydrogens (tertiary/aromatic N) is 2. The molecule has 0 saturated heterocycles. The van der Waals surface area contributed by atoms with Crippen molar-refractivity contribution in [2.24, 2.45) is 5.92 Å². The minimum Gasteiger partial charge on any atom is -0.339 e. The van der Waals surface area contributed by atoms with Gasteiger partial charge in [-0.25, -0.2) is 0 Å². The maximum atomic E-state index is 11.5. The molecule has 1 aliphatic carbocycles. The van der Waals surface area contributed by atoms with Crippen molar-refractivity contribution < 1.29 is 9.32 Å². The van der Waals surface area contributed by atoms with E-state index in [9.17, 15) is 4.79 Å². The van der Waals surface area contributed by atoms with E-state index in [1.54, 1.807) is 11.8 Å². The van der Waals surface area contributed by atoms with Crippen LogP contribution in [-0.2, 0) is 17.0 Å². The van der Waals surface area contributed by atoms with E-state index in [0.717, 1.165) is 24.3 Å². The summed E-state index contributed by atoms with van der Waals surface area (Å²) in [5, 5.41) is 3.83. The Labute approximate surface area is 92.8 Å². The molecule has 1 aromatic rings. The molecule has 0 amide bonds. The summed E-state index contributed by atoms with van der Waals surface area (Å²) in [6.45, 7) is 2.09. The van der Waals surface area contributed by atoms with Gasteiger partial charge in [-0.15, -0.1) is 0 Å². The quantitative estimate of drug-likeness (QED) is 0.740. The zero-order valence-corrected chi connectivity index (χ0v) is 9.55. The fourth-order valence-corrected chi connectivity index (χ4v) is 1.82. The van der Waals surface area contributed by atoms with Gasteiger partial charge in [-0.05, 0) is 18.6 Å². The van der Waals surface area contributed by atoms with Crippen LogP contribution in [0.25, 0.3) is 0 Å². The Kier molecular flexibility index (Phi) is 3.41. The zero-order valence-electron chi connectivity index (χ0n) is 8.73. The summed E-state index contributed by atoms with van der Waals surface area (Å²) >= 11 is 1.74. The van der Waals surface area contributed by atoms with E-state index in [2.05, 4.69) is 17.1 Å². The third-order valence-corrected chi connectivity index (χ3v) is 3.17. The second kappa shape index (κ2) is 4.79. The van der Waals surface area contributed by atoms with Crippen LogP contribution < -0.4 is 0 Å². The van der Waals surface area contributed by atoms with Crippen molar-refractivity contribution in [3.8, 4) is 0 Å². The molecule has 1 fully saturated rings. The number of Topliss-reactive ketones (excluding diaryl/α,β-unsaturated/α-hetero) is 1. The van der Waals surface area contributed by atoms with E-state index in [1.165, 1.54) is 0 Å². The van der Waals surface area contributed by atoms with Gasteiger partial charge in [-0.3, -0.25) is 4.79 Å². The predicted octanol–water partition coefficient (Wildman–Crippen LogP) is 1.84. The summed E-state index contributed by atoms with van der Waals surface area (Å²) < 4.78 is 5.02. The van der Waals surface area contributed by atoms with E-state index in [-0.39, 0.29) is 11.7 Å². The summed E-state index contributed by atoms with van der Waals surface area (Å²) in [5.74, 6) is 3.47. The zero-order chi connectivity index (χ0) is 10.7. The highest BCUT2D eigenvalue weighted by Crippen LogP contribution is 2.30. The second-order valence-corrected chi connectivity index (χ2v) is 4.93. The molecule has 82 valence electrons. The molecule has 1 saturated carbocycles. The van der Waals surface area contributed by atoms with Gasteiger partial charge in [-0.1, -0.05) is 12.1 Å². The minimum absolute atomic E-state index is 0.244. The van der Waals surface area contributed by atoms with Crippen molar-refractivity contribution in [1.82, 2.24) is 10.1 Å². The molecule has 4 nitrogen and oxygen atoms in total. The van der Waals surface area contributed by atoms with Crippen molar-refractivity contribution in [2.75, 3.05) is 5.75 Å². The van der Waals surface area contributed by atoms with E-state index < -0.39 is 0 Å². The van der Waals surface area contributed by atoms with Crippen LogP contribution in [0.4, 0.5) is 0 Å². The average Bonchev–Trinajstić information content (AvgIpc) is 2.99. The molecule has 1 aromatic heterocycles. The maximum absolute atomic E-state index is 11.5. The number of aromatic nitrogens is 2. The molecule has 1 heterocycles. The van der Waals surface area contributed by atoms with Crippen LogP contribution in [0.2, 0.25) is 0 Å². The van der Waals surface area contributed by atoms with Crippen LogP contribution in [-0.4, -0.2) is 21.7 Å². The lowest BCUT2D eigenvalue weighted by Crippen LogP contribution is -2.04. The van der Waals surface area contributed by atoms with E-state index >= 15 is 0 Å². The monoisotopic (exact) mass is 226 g/mol. The van der Waals surface area contributed by atoms with Gasteiger partial charge in [0.25, 0.3) is 0 Å². The van der Waals surface area contributed by atoms with Crippen LogP contribution in [0, 0.1) is 5.92 Å². The number of rotatable bonds is 6. The molecule has 0 N–H and O–H groups in total. The standard InChI is InChI=1S/C10H14N2O2S/c1-2-15-6-9-11-10(14-12-9)5-8(13)7-3-4-7/h7H,2-6H2,1H3. The minimum atomic E-state index is 0.244. The Morgan fingerprint density at radius 1 is 1.60 bits per heavy atom. The van der Waals surface area contributed by atoms with Gasteiger partial charge in [0.2, 0.25) is 5.89 Å². The highest BCUT2D eigenvalue weighted by atomic mass is 32.2. The van der Waals surface area contributed by atoms with Crippen LogP contribution >= 0.6 is 11.8 Å². The molecule has 15 heavy (non-hydrogen) atoms.